The molecule has 1 amide bonds. The van der Waals surface area contributed by atoms with E-state index < -0.39 is 18.0 Å². The maximum absolute atomic E-state index is 12.7. The largest absolute Gasteiger partial charge is 0.450 e. The van der Waals surface area contributed by atoms with Crippen LogP contribution in [0.3, 0.4) is 0 Å². The molecular weight excluding hydrogens is 366 g/mol. The second-order valence-corrected chi connectivity index (χ2v) is 7.89. The van der Waals surface area contributed by atoms with Crippen LogP contribution in [0.5, 0.6) is 0 Å². The van der Waals surface area contributed by atoms with Gasteiger partial charge >= 0.3 is 5.97 Å². The van der Waals surface area contributed by atoms with Crippen molar-refractivity contribution in [2.45, 2.75) is 46.1 Å². The average Bonchev–Trinajstić information content (AvgIpc) is 2.66. The Morgan fingerprint density at radius 1 is 0.966 bits per heavy atom. The van der Waals surface area contributed by atoms with Gasteiger partial charge in [0.25, 0.3) is 0 Å². The van der Waals surface area contributed by atoms with E-state index in [0.717, 1.165) is 11.1 Å². The molecule has 0 heterocycles. The molecule has 152 valence electrons. The third kappa shape index (κ3) is 6.42. The Kier molecular flexibility index (Phi) is 7.10. The average molecular weight is 393 g/mol. The van der Waals surface area contributed by atoms with Gasteiger partial charge in [-0.2, -0.15) is 0 Å². The Labute approximate surface area is 171 Å². The van der Waals surface area contributed by atoms with Crippen LogP contribution < -0.4 is 5.32 Å². The van der Waals surface area contributed by atoms with E-state index in [9.17, 15) is 14.4 Å². The van der Waals surface area contributed by atoms with Crippen molar-refractivity contribution >= 4 is 23.7 Å². The van der Waals surface area contributed by atoms with Crippen molar-refractivity contribution < 1.29 is 19.1 Å². The fraction of sp³-hybridized carbons (Fsp3) is 0.292. The van der Waals surface area contributed by atoms with Gasteiger partial charge in [-0.1, -0.05) is 75.4 Å². The summed E-state index contributed by atoms with van der Waals surface area (Å²) in [7, 11) is 0. The van der Waals surface area contributed by atoms with Crippen molar-refractivity contribution in [3.05, 3.63) is 77.0 Å². The van der Waals surface area contributed by atoms with E-state index in [1.807, 2.05) is 30.3 Å². The lowest BCUT2D eigenvalue weighted by Crippen LogP contribution is -2.31. The van der Waals surface area contributed by atoms with Crippen LogP contribution in [-0.2, 0) is 19.7 Å². The Hall–Kier alpha value is -3.21. The molecule has 0 fully saturated rings. The number of nitrogens with one attached hydrogen (secondary N) is 1. The first kappa shape index (κ1) is 22.1. The van der Waals surface area contributed by atoms with Gasteiger partial charge in [0.15, 0.2) is 6.10 Å². The molecule has 29 heavy (non-hydrogen) atoms. The van der Waals surface area contributed by atoms with E-state index >= 15 is 0 Å². The van der Waals surface area contributed by atoms with Gasteiger partial charge in [-0.15, -0.1) is 0 Å². The van der Waals surface area contributed by atoms with Gasteiger partial charge < -0.3 is 10.1 Å². The molecule has 5 nitrogen and oxygen atoms in total. The Balaban J connectivity index is 2.15. The topological polar surface area (TPSA) is 72.5 Å². The monoisotopic (exact) mass is 393 g/mol. The van der Waals surface area contributed by atoms with Gasteiger partial charge in [-0.3, -0.25) is 9.59 Å². The maximum Gasteiger partial charge on any atom is 0.355 e. The predicted molar refractivity (Wildman–Crippen MR) is 113 cm³/mol. The van der Waals surface area contributed by atoms with Crippen molar-refractivity contribution in [1.82, 2.24) is 5.32 Å². The Morgan fingerprint density at radius 3 is 2.07 bits per heavy atom. The molecule has 1 N–H and O–H groups in total. The normalized spacial score (nSPS) is 12.8. The molecule has 1 atom stereocenters. The molecule has 0 aliphatic heterocycles. The van der Waals surface area contributed by atoms with Crippen LogP contribution in [0.2, 0.25) is 0 Å². The molecular formula is C24H27NO4. The highest BCUT2D eigenvalue weighted by Gasteiger charge is 2.23. The summed E-state index contributed by atoms with van der Waals surface area (Å²) < 4.78 is 5.33. The van der Waals surface area contributed by atoms with Crippen molar-refractivity contribution in [3.8, 4) is 0 Å². The van der Waals surface area contributed by atoms with Crippen molar-refractivity contribution in [3.63, 3.8) is 0 Å². The molecule has 0 unspecified atom stereocenters. The van der Waals surface area contributed by atoms with E-state index in [2.05, 4.69) is 26.1 Å². The summed E-state index contributed by atoms with van der Waals surface area (Å²) in [6.07, 6.45) is 0.523. The van der Waals surface area contributed by atoms with E-state index in [1.165, 1.54) is 19.9 Å². The summed E-state index contributed by atoms with van der Waals surface area (Å²) in [5.41, 5.74) is 2.26. The highest BCUT2D eigenvalue weighted by Crippen LogP contribution is 2.22. The molecule has 0 bridgehead atoms. The maximum atomic E-state index is 12.7. The summed E-state index contributed by atoms with van der Waals surface area (Å²) >= 11 is 0. The van der Waals surface area contributed by atoms with E-state index in [0.29, 0.717) is 5.56 Å². The molecule has 2 aromatic rings. The van der Waals surface area contributed by atoms with Crippen LogP contribution in [-0.4, -0.2) is 23.8 Å². The zero-order valence-corrected chi connectivity index (χ0v) is 17.5. The third-order valence-corrected chi connectivity index (χ3v) is 4.33. The quantitative estimate of drug-likeness (QED) is 0.452. The number of Topliss-reactive ketones (excluding diaryl/α,β-unsaturated/α-hetero) is 1. The fourth-order valence-corrected chi connectivity index (χ4v) is 2.70. The number of carbonyl (C=O) groups excluding carboxylic acids is 3. The summed E-state index contributed by atoms with van der Waals surface area (Å²) in [4.78, 5) is 36.7. The van der Waals surface area contributed by atoms with Crippen LogP contribution in [0.25, 0.3) is 6.08 Å². The molecule has 0 saturated carbocycles. The molecule has 0 aliphatic carbocycles. The first-order valence-electron chi connectivity index (χ1n) is 9.48. The van der Waals surface area contributed by atoms with E-state index in [1.54, 1.807) is 24.3 Å². The number of hydrogen-bond donors (Lipinski definition) is 1. The van der Waals surface area contributed by atoms with Gasteiger partial charge in [0.1, 0.15) is 5.70 Å². The first-order chi connectivity index (χ1) is 13.6. The van der Waals surface area contributed by atoms with E-state index in [-0.39, 0.29) is 16.9 Å². The second kappa shape index (κ2) is 9.32. The van der Waals surface area contributed by atoms with Crippen LogP contribution in [0.4, 0.5) is 0 Å². The number of esters is 1. The number of hydrogen-bond acceptors (Lipinski definition) is 4. The van der Waals surface area contributed by atoms with Gasteiger partial charge in [0, 0.05) is 12.5 Å². The summed E-state index contributed by atoms with van der Waals surface area (Å²) in [6, 6.07) is 16.3. The molecule has 0 saturated heterocycles. The minimum Gasteiger partial charge on any atom is -0.450 e. The first-order valence-corrected chi connectivity index (χ1v) is 9.48. The SMILES string of the molecule is CC(=O)N/C(=C\c1ccccc1)C(=O)O[C@H](C)C(=O)c1ccc(C(C)(C)C)cc1. The zero-order valence-electron chi connectivity index (χ0n) is 17.5. The molecule has 2 aromatic carbocycles. The minimum absolute atomic E-state index is 0.0187. The molecule has 5 heteroatoms. The smallest absolute Gasteiger partial charge is 0.355 e. The van der Waals surface area contributed by atoms with Gasteiger partial charge in [0.2, 0.25) is 11.7 Å². The lowest BCUT2D eigenvalue weighted by atomic mass is 9.86. The number of ether oxygens (including phenoxy) is 1. The lowest BCUT2D eigenvalue weighted by molar-refractivity contribution is -0.142. The number of amides is 1. The second-order valence-electron chi connectivity index (χ2n) is 7.89. The molecule has 0 radical (unpaired) electrons. The lowest BCUT2D eigenvalue weighted by Gasteiger charge is -2.19. The van der Waals surface area contributed by atoms with Gasteiger partial charge in [-0.25, -0.2) is 4.79 Å². The molecule has 2 rings (SSSR count). The highest BCUT2D eigenvalue weighted by atomic mass is 16.5. The number of carbonyl (C=O) groups is 3. The minimum atomic E-state index is -0.990. The Morgan fingerprint density at radius 2 is 1.55 bits per heavy atom. The fourth-order valence-electron chi connectivity index (χ4n) is 2.70. The van der Waals surface area contributed by atoms with Crippen LogP contribution in [0.15, 0.2) is 60.3 Å². The highest BCUT2D eigenvalue weighted by molar-refractivity contribution is 6.03. The van der Waals surface area contributed by atoms with Crippen LogP contribution in [0.1, 0.15) is 56.1 Å². The van der Waals surface area contributed by atoms with Crippen molar-refractivity contribution in [1.29, 1.82) is 0 Å². The molecule has 0 spiro atoms. The standard InChI is InChI=1S/C24H27NO4/c1-16(22(27)19-11-13-20(14-12-19)24(3,4)5)29-23(28)21(25-17(2)26)15-18-9-7-6-8-10-18/h6-16H,1-5H3,(H,25,26)/b21-15-/t16-/m1/s1. The van der Waals surface area contributed by atoms with Crippen LogP contribution >= 0.6 is 0 Å². The molecule has 0 aliphatic rings. The Bertz CT molecular complexity index is 906. The van der Waals surface area contributed by atoms with Gasteiger partial charge in [-0.05, 0) is 29.5 Å². The van der Waals surface area contributed by atoms with Crippen molar-refractivity contribution in [2.24, 2.45) is 0 Å². The van der Waals surface area contributed by atoms with E-state index in [4.69, 9.17) is 4.74 Å². The van der Waals surface area contributed by atoms with Crippen molar-refractivity contribution in [2.75, 3.05) is 0 Å². The van der Waals surface area contributed by atoms with Gasteiger partial charge in [0.05, 0.1) is 0 Å². The summed E-state index contributed by atoms with van der Waals surface area (Å²) in [6.45, 7) is 9.10. The van der Waals surface area contributed by atoms with Crippen LogP contribution in [0, 0.1) is 0 Å². The summed E-state index contributed by atoms with van der Waals surface area (Å²) in [5, 5.41) is 2.47. The predicted octanol–water partition coefficient (Wildman–Crippen LogP) is 4.28. The third-order valence-electron chi connectivity index (χ3n) is 4.33. The number of ketones is 1. The number of benzene rings is 2. The summed E-state index contributed by atoms with van der Waals surface area (Å²) in [5.74, 6) is -1.47. The zero-order chi connectivity index (χ0) is 21.6. The number of rotatable bonds is 6. The molecule has 0 aromatic heterocycles.